The van der Waals surface area contributed by atoms with Crippen LogP contribution in [-0.2, 0) is 6.42 Å². The number of carbonyl (C=O) groups excluding carboxylic acids is 1. The predicted octanol–water partition coefficient (Wildman–Crippen LogP) is 4.15. The van der Waals surface area contributed by atoms with Crippen molar-refractivity contribution < 1.29 is 4.79 Å². The third-order valence-corrected chi connectivity index (χ3v) is 4.27. The van der Waals surface area contributed by atoms with Crippen LogP contribution in [0, 0.1) is 0 Å². The van der Waals surface area contributed by atoms with Crippen LogP contribution in [-0.4, -0.2) is 22.6 Å². The predicted molar refractivity (Wildman–Crippen MR) is 103 cm³/mol. The lowest BCUT2D eigenvalue weighted by atomic mass is 10.1. The zero-order valence-corrected chi connectivity index (χ0v) is 15.0. The van der Waals surface area contributed by atoms with Crippen molar-refractivity contribution in [1.29, 1.82) is 0 Å². The van der Waals surface area contributed by atoms with Crippen molar-refractivity contribution >= 4 is 33.3 Å². The standard InChI is InChI=1S/C19H17BrN4O/c20-15-8-4-5-9-16(15)22-19(25)17-10-11-18(24-23-17)21-13-12-14-6-2-1-3-7-14/h1-11H,12-13H2,(H,21,24)(H,22,25). The number of hydrogen-bond acceptors (Lipinski definition) is 4. The molecule has 0 aliphatic carbocycles. The monoisotopic (exact) mass is 396 g/mol. The van der Waals surface area contributed by atoms with Crippen LogP contribution in [0.2, 0.25) is 0 Å². The molecule has 2 aromatic carbocycles. The summed E-state index contributed by atoms with van der Waals surface area (Å²) in [5.74, 6) is 0.351. The molecular weight excluding hydrogens is 380 g/mol. The van der Waals surface area contributed by atoms with Gasteiger partial charge in [-0.3, -0.25) is 4.79 Å². The highest BCUT2D eigenvalue weighted by Crippen LogP contribution is 2.21. The quantitative estimate of drug-likeness (QED) is 0.656. The van der Waals surface area contributed by atoms with Crippen LogP contribution < -0.4 is 10.6 Å². The van der Waals surface area contributed by atoms with Crippen molar-refractivity contribution in [2.75, 3.05) is 17.2 Å². The van der Waals surface area contributed by atoms with E-state index in [1.54, 1.807) is 12.1 Å². The van der Waals surface area contributed by atoms with Crippen LogP contribution in [0.1, 0.15) is 16.1 Å². The van der Waals surface area contributed by atoms with Gasteiger partial charge in [-0.1, -0.05) is 42.5 Å². The Morgan fingerprint density at radius 2 is 1.68 bits per heavy atom. The molecule has 0 atom stereocenters. The minimum Gasteiger partial charge on any atom is -0.368 e. The number of para-hydroxylation sites is 1. The van der Waals surface area contributed by atoms with Gasteiger partial charge in [-0.05, 0) is 52.2 Å². The second-order valence-corrected chi connectivity index (χ2v) is 6.25. The first kappa shape index (κ1) is 17.1. The van der Waals surface area contributed by atoms with Crippen LogP contribution in [0.3, 0.4) is 0 Å². The number of rotatable bonds is 6. The lowest BCUT2D eigenvalue weighted by Gasteiger charge is -2.07. The molecule has 0 unspecified atom stereocenters. The Kier molecular flexibility index (Phi) is 5.74. The molecule has 1 heterocycles. The maximum Gasteiger partial charge on any atom is 0.276 e. The average molecular weight is 397 g/mol. The van der Waals surface area contributed by atoms with Crippen molar-refractivity contribution in [3.63, 3.8) is 0 Å². The Bertz CT molecular complexity index is 838. The maximum absolute atomic E-state index is 12.2. The van der Waals surface area contributed by atoms with E-state index in [-0.39, 0.29) is 11.6 Å². The van der Waals surface area contributed by atoms with Gasteiger partial charge >= 0.3 is 0 Å². The van der Waals surface area contributed by atoms with E-state index in [4.69, 9.17) is 0 Å². The Hall–Kier alpha value is -2.73. The van der Waals surface area contributed by atoms with Crippen molar-refractivity contribution in [2.24, 2.45) is 0 Å². The molecule has 3 rings (SSSR count). The molecule has 0 bridgehead atoms. The summed E-state index contributed by atoms with van der Waals surface area (Å²) in [6, 6.07) is 21.0. The van der Waals surface area contributed by atoms with E-state index in [0.717, 1.165) is 17.4 Å². The second kappa shape index (κ2) is 8.39. The van der Waals surface area contributed by atoms with Crippen LogP contribution in [0.5, 0.6) is 0 Å². The minimum atomic E-state index is -0.296. The first-order valence-electron chi connectivity index (χ1n) is 7.90. The lowest BCUT2D eigenvalue weighted by molar-refractivity contribution is 0.102. The zero-order valence-electron chi connectivity index (χ0n) is 13.4. The molecular formula is C19H17BrN4O. The summed E-state index contributed by atoms with van der Waals surface area (Å²) >= 11 is 3.40. The average Bonchev–Trinajstić information content (AvgIpc) is 2.65. The van der Waals surface area contributed by atoms with Gasteiger partial charge in [0.1, 0.15) is 5.82 Å². The Balaban J connectivity index is 1.54. The van der Waals surface area contributed by atoms with Crippen molar-refractivity contribution in [3.05, 3.63) is 82.5 Å². The van der Waals surface area contributed by atoms with Gasteiger partial charge in [-0.15, -0.1) is 10.2 Å². The van der Waals surface area contributed by atoms with Crippen LogP contribution in [0.4, 0.5) is 11.5 Å². The third kappa shape index (κ3) is 4.87. The Morgan fingerprint density at radius 3 is 2.40 bits per heavy atom. The SMILES string of the molecule is O=C(Nc1ccccc1Br)c1ccc(NCCc2ccccc2)nn1. The molecule has 6 heteroatoms. The molecule has 0 aliphatic heterocycles. The van der Waals surface area contributed by atoms with Gasteiger partial charge in [0.15, 0.2) is 5.69 Å². The summed E-state index contributed by atoms with van der Waals surface area (Å²) < 4.78 is 0.815. The molecule has 0 saturated heterocycles. The summed E-state index contributed by atoms with van der Waals surface area (Å²) in [6.07, 6.45) is 0.896. The third-order valence-electron chi connectivity index (χ3n) is 3.58. The van der Waals surface area contributed by atoms with Crippen LogP contribution in [0.15, 0.2) is 71.2 Å². The summed E-state index contributed by atoms with van der Waals surface area (Å²) in [6.45, 7) is 0.751. The molecule has 2 N–H and O–H groups in total. The Morgan fingerprint density at radius 1 is 0.920 bits per heavy atom. The van der Waals surface area contributed by atoms with Crippen LogP contribution in [0.25, 0.3) is 0 Å². The number of nitrogens with zero attached hydrogens (tertiary/aromatic N) is 2. The zero-order chi connectivity index (χ0) is 17.5. The molecule has 0 fully saturated rings. The topological polar surface area (TPSA) is 66.9 Å². The number of hydrogen-bond donors (Lipinski definition) is 2. The largest absolute Gasteiger partial charge is 0.368 e. The number of nitrogens with one attached hydrogen (secondary N) is 2. The molecule has 0 spiro atoms. The fourth-order valence-corrected chi connectivity index (χ4v) is 2.66. The van der Waals surface area contributed by atoms with Crippen LogP contribution >= 0.6 is 15.9 Å². The smallest absolute Gasteiger partial charge is 0.276 e. The molecule has 1 aromatic heterocycles. The normalized spacial score (nSPS) is 10.3. The Labute approximate surface area is 154 Å². The minimum absolute atomic E-state index is 0.268. The molecule has 126 valence electrons. The van der Waals surface area contributed by atoms with Gasteiger partial charge in [0.25, 0.3) is 5.91 Å². The number of benzene rings is 2. The van der Waals surface area contributed by atoms with Gasteiger partial charge in [0.2, 0.25) is 0 Å². The second-order valence-electron chi connectivity index (χ2n) is 5.40. The van der Waals surface area contributed by atoms with E-state index >= 15 is 0 Å². The highest BCUT2D eigenvalue weighted by molar-refractivity contribution is 9.10. The van der Waals surface area contributed by atoms with Crippen molar-refractivity contribution in [2.45, 2.75) is 6.42 Å². The van der Waals surface area contributed by atoms with E-state index in [1.165, 1.54) is 5.56 Å². The van der Waals surface area contributed by atoms with Gasteiger partial charge in [-0.25, -0.2) is 0 Å². The van der Waals surface area contributed by atoms with E-state index in [1.807, 2.05) is 42.5 Å². The highest BCUT2D eigenvalue weighted by Gasteiger charge is 2.10. The lowest BCUT2D eigenvalue weighted by Crippen LogP contribution is -2.15. The fourth-order valence-electron chi connectivity index (χ4n) is 2.28. The van der Waals surface area contributed by atoms with E-state index in [0.29, 0.717) is 11.5 Å². The molecule has 3 aromatic rings. The number of anilines is 2. The summed E-state index contributed by atoms with van der Waals surface area (Å²) in [7, 11) is 0. The number of halogens is 1. The fraction of sp³-hybridized carbons (Fsp3) is 0.105. The number of aromatic nitrogens is 2. The molecule has 0 radical (unpaired) electrons. The van der Waals surface area contributed by atoms with Gasteiger partial charge in [0, 0.05) is 11.0 Å². The van der Waals surface area contributed by atoms with Crippen molar-refractivity contribution in [1.82, 2.24) is 10.2 Å². The molecule has 0 saturated carbocycles. The molecule has 0 aliphatic rings. The summed E-state index contributed by atoms with van der Waals surface area (Å²) in [4.78, 5) is 12.2. The molecule has 5 nitrogen and oxygen atoms in total. The summed E-state index contributed by atoms with van der Waals surface area (Å²) in [5.41, 5.74) is 2.22. The number of carbonyl (C=O) groups is 1. The molecule has 25 heavy (non-hydrogen) atoms. The molecule has 1 amide bonds. The van der Waals surface area contributed by atoms with E-state index < -0.39 is 0 Å². The van der Waals surface area contributed by atoms with E-state index in [9.17, 15) is 4.79 Å². The number of amides is 1. The highest BCUT2D eigenvalue weighted by atomic mass is 79.9. The van der Waals surface area contributed by atoms with Crippen molar-refractivity contribution in [3.8, 4) is 0 Å². The first-order valence-corrected chi connectivity index (χ1v) is 8.69. The van der Waals surface area contributed by atoms with E-state index in [2.05, 4.69) is 48.9 Å². The maximum atomic E-state index is 12.2. The summed E-state index contributed by atoms with van der Waals surface area (Å²) in [5, 5.41) is 14.1. The first-order chi connectivity index (χ1) is 12.2. The van der Waals surface area contributed by atoms with Gasteiger partial charge in [0.05, 0.1) is 5.69 Å². The van der Waals surface area contributed by atoms with Gasteiger partial charge in [-0.2, -0.15) is 0 Å². The van der Waals surface area contributed by atoms with Gasteiger partial charge < -0.3 is 10.6 Å².